The average Bonchev–Trinajstić information content (AvgIpc) is 2.83. The maximum Gasteiger partial charge on any atom is 0.277 e. The molecule has 2 heterocycles. The molecule has 31 heavy (non-hydrogen) atoms. The van der Waals surface area contributed by atoms with Crippen LogP contribution in [0.5, 0.6) is 0 Å². The molecule has 2 aromatic carbocycles. The Morgan fingerprint density at radius 2 is 1.61 bits per heavy atom. The number of hydrogen-bond acceptors (Lipinski definition) is 9. The van der Waals surface area contributed by atoms with Gasteiger partial charge in [0.15, 0.2) is 0 Å². The van der Waals surface area contributed by atoms with Crippen LogP contribution in [-0.4, -0.2) is 53.8 Å². The Kier molecular flexibility index (Phi) is 5.89. The van der Waals surface area contributed by atoms with Gasteiger partial charge >= 0.3 is 0 Å². The van der Waals surface area contributed by atoms with Gasteiger partial charge in [0, 0.05) is 45.1 Å². The second kappa shape index (κ2) is 8.92. The van der Waals surface area contributed by atoms with Gasteiger partial charge in [-0.2, -0.15) is 0 Å². The van der Waals surface area contributed by atoms with Crippen molar-refractivity contribution in [2.45, 2.75) is 6.42 Å². The third kappa shape index (κ3) is 4.24. The predicted molar refractivity (Wildman–Crippen MR) is 116 cm³/mol. The highest BCUT2D eigenvalue weighted by molar-refractivity contribution is 5.92. The first-order valence-electron chi connectivity index (χ1n) is 9.96. The van der Waals surface area contributed by atoms with Crippen molar-refractivity contribution in [3.63, 3.8) is 0 Å². The Morgan fingerprint density at radius 3 is 2.26 bits per heavy atom. The molecule has 4 rings (SSSR count). The summed E-state index contributed by atoms with van der Waals surface area (Å²) < 4.78 is 0. The van der Waals surface area contributed by atoms with E-state index in [1.165, 1.54) is 17.9 Å². The first kappa shape index (κ1) is 20.5. The van der Waals surface area contributed by atoms with Gasteiger partial charge < -0.3 is 15.1 Å². The van der Waals surface area contributed by atoms with Crippen LogP contribution < -0.4 is 31.5 Å². The van der Waals surface area contributed by atoms with Gasteiger partial charge in [0.25, 0.3) is 16.8 Å². The van der Waals surface area contributed by atoms with Crippen LogP contribution in [0.2, 0.25) is 0 Å². The average molecular weight is 422 g/mol. The number of hydrogen-bond donors (Lipinski definition) is 3. The van der Waals surface area contributed by atoms with Crippen molar-refractivity contribution < 1.29 is 10.0 Å². The molecule has 0 spiro atoms. The van der Waals surface area contributed by atoms with Crippen LogP contribution in [0.1, 0.15) is 15.9 Å². The minimum atomic E-state index is -0.677. The fourth-order valence-electron chi connectivity index (χ4n) is 3.62. The zero-order valence-corrected chi connectivity index (χ0v) is 16.7. The van der Waals surface area contributed by atoms with E-state index in [1.54, 1.807) is 0 Å². The maximum atomic E-state index is 12.2. The molecule has 3 aromatic rings. The highest BCUT2D eigenvalue weighted by Gasteiger charge is 2.29. The molecule has 0 unspecified atom stereocenters. The molecule has 1 aliphatic rings. The zero-order valence-electron chi connectivity index (χ0n) is 16.7. The number of piperazine rings is 1. The van der Waals surface area contributed by atoms with E-state index in [-0.39, 0.29) is 5.56 Å². The van der Waals surface area contributed by atoms with Gasteiger partial charge in [-0.3, -0.25) is 19.6 Å². The smallest absolute Gasteiger partial charge is 0.277 e. The number of anilines is 3. The van der Waals surface area contributed by atoms with Crippen LogP contribution in [0.4, 0.5) is 17.3 Å². The Morgan fingerprint density at radius 1 is 0.968 bits per heavy atom. The Hall–Kier alpha value is -3.79. The van der Waals surface area contributed by atoms with E-state index in [0.29, 0.717) is 50.0 Å². The molecule has 3 N–H and O–H groups in total. The van der Waals surface area contributed by atoms with Gasteiger partial charge in [-0.05, 0) is 12.0 Å². The van der Waals surface area contributed by atoms with E-state index in [2.05, 4.69) is 15.3 Å². The number of nitrogens with one attached hydrogen (secondary N) is 2. The molecule has 1 fully saturated rings. The maximum absolute atomic E-state index is 12.2. The van der Waals surface area contributed by atoms with Crippen LogP contribution in [-0.2, 0) is 6.42 Å². The zero-order chi connectivity index (χ0) is 21.8. The Bertz CT molecular complexity index is 1120. The lowest BCUT2D eigenvalue weighted by Crippen LogP contribution is -2.52. The summed E-state index contributed by atoms with van der Waals surface area (Å²) in [5.41, 5.74) is 2.78. The lowest BCUT2D eigenvalue weighted by Gasteiger charge is -2.37. The SMILES string of the molecule is O=C(NO)c1cnc(N2CCN(c3c(NCCc4ccccc4)c(=O)c3=O)CC2)nc1. The molecule has 0 saturated carbocycles. The summed E-state index contributed by atoms with van der Waals surface area (Å²) in [7, 11) is 0. The largest absolute Gasteiger partial charge is 0.380 e. The standard InChI is InChI=1S/C21H22N6O4/c28-18-16(22-7-6-14-4-2-1-3-5-14)17(19(18)29)26-8-10-27(11-9-26)21-23-12-15(13-24-21)20(30)25-31/h1-5,12-13,22,31H,6-11H2,(H,25,30). The topological polar surface area (TPSA) is 128 Å². The number of rotatable bonds is 7. The van der Waals surface area contributed by atoms with E-state index in [1.807, 2.05) is 40.1 Å². The van der Waals surface area contributed by atoms with Crippen molar-refractivity contribution in [3.05, 3.63) is 74.3 Å². The summed E-state index contributed by atoms with van der Waals surface area (Å²) >= 11 is 0. The van der Waals surface area contributed by atoms with Crippen LogP contribution in [0, 0.1) is 0 Å². The molecule has 1 aliphatic heterocycles. The second-order valence-electron chi connectivity index (χ2n) is 7.23. The highest BCUT2D eigenvalue weighted by Crippen LogP contribution is 2.22. The first-order chi connectivity index (χ1) is 15.1. The molecular formula is C21H22N6O4. The summed E-state index contributed by atoms with van der Waals surface area (Å²) in [4.78, 5) is 47.8. The number of carbonyl (C=O) groups is 1. The third-order valence-electron chi connectivity index (χ3n) is 5.32. The van der Waals surface area contributed by atoms with Crippen LogP contribution >= 0.6 is 0 Å². The van der Waals surface area contributed by atoms with Crippen molar-refractivity contribution >= 4 is 23.2 Å². The molecule has 0 bridgehead atoms. The van der Waals surface area contributed by atoms with Crippen molar-refractivity contribution in [1.29, 1.82) is 0 Å². The Balaban J connectivity index is 1.36. The van der Waals surface area contributed by atoms with E-state index in [0.717, 1.165) is 12.0 Å². The molecule has 0 atom stereocenters. The van der Waals surface area contributed by atoms with Gasteiger partial charge in [0.05, 0.1) is 5.56 Å². The number of benzene rings is 1. The first-order valence-corrected chi connectivity index (χ1v) is 9.96. The lowest BCUT2D eigenvalue weighted by atomic mass is 10.1. The number of aromatic nitrogens is 2. The molecule has 160 valence electrons. The summed E-state index contributed by atoms with van der Waals surface area (Å²) in [6.07, 6.45) is 3.44. The summed E-state index contributed by atoms with van der Waals surface area (Å²) in [5.74, 6) is -0.218. The summed E-state index contributed by atoms with van der Waals surface area (Å²) in [6, 6.07) is 9.94. The number of nitrogens with zero attached hydrogens (tertiary/aromatic N) is 4. The molecule has 0 aliphatic carbocycles. The van der Waals surface area contributed by atoms with Gasteiger partial charge in [0.1, 0.15) is 11.4 Å². The van der Waals surface area contributed by atoms with Crippen molar-refractivity contribution in [2.24, 2.45) is 0 Å². The lowest BCUT2D eigenvalue weighted by molar-refractivity contribution is 0.0705. The number of amides is 1. The second-order valence-corrected chi connectivity index (χ2v) is 7.23. The Labute approximate surface area is 177 Å². The predicted octanol–water partition coefficient (Wildman–Crippen LogP) is 0.173. The fourth-order valence-corrected chi connectivity index (χ4v) is 3.62. The van der Waals surface area contributed by atoms with E-state index < -0.39 is 16.8 Å². The van der Waals surface area contributed by atoms with Crippen molar-refractivity contribution in [3.8, 4) is 0 Å². The molecule has 10 nitrogen and oxygen atoms in total. The summed E-state index contributed by atoms with van der Waals surface area (Å²) in [5, 5.41) is 11.8. The molecule has 1 aromatic heterocycles. The molecule has 0 radical (unpaired) electrons. The molecule has 1 saturated heterocycles. The van der Waals surface area contributed by atoms with Gasteiger partial charge in [-0.25, -0.2) is 15.4 Å². The van der Waals surface area contributed by atoms with E-state index in [9.17, 15) is 14.4 Å². The number of carbonyl (C=O) groups excluding carboxylic acids is 1. The normalized spacial score (nSPS) is 14.0. The molecule has 10 heteroatoms. The van der Waals surface area contributed by atoms with Gasteiger partial charge in [0.2, 0.25) is 5.95 Å². The van der Waals surface area contributed by atoms with Gasteiger partial charge in [-0.15, -0.1) is 0 Å². The highest BCUT2D eigenvalue weighted by atomic mass is 16.5. The monoisotopic (exact) mass is 422 g/mol. The minimum absolute atomic E-state index is 0.153. The van der Waals surface area contributed by atoms with Crippen LogP contribution in [0.3, 0.4) is 0 Å². The van der Waals surface area contributed by atoms with Crippen LogP contribution in [0.25, 0.3) is 0 Å². The van der Waals surface area contributed by atoms with Crippen molar-refractivity contribution in [2.75, 3.05) is 47.8 Å². The van der Waals surface area contributed by atoms with Crippen LogP contribution in [0.15, 0.2) is 52.3 Å². The molecular weight excluding hydrogens is 400 g/mol. The van der Waals surface area contributed by atoms with E-state index >= 15 is 0 Å². The minimum Gasteiger partial charge on any atom is -0.380 e. The fraction of sp³-hybridized carbons (Fsp3) is 0.286. The van der Waals surface area contributed by atoms with Gasteiger partial charge in [-0.1, -0.05) is 30.3 Å². The summed E-state index contributed by atoms with van der Waals surface area (Å²) in [6.45, 7) is 2.78. The van der Waals surface area contributed by atoms with Crippen molar-refractivity contribution in [1.82, 2.24) is 15.4 Å². The van der Waals surface area contributed by atoms with E-state index in [4.69, 9.17) is 5.21 Å². The quantitative estimate of drug-likeness (QED) is 0.277. The third-order valence-corrected chi connectivity index (χ3v) is 5.32. The number of hydroxylamine groups is 1. The molecule has 1 amide bonds.